The van der Waals surface area contributed by atoms with Gasteiger partial charge in [-0.1, -0.05) is 40.0 Å². The van der Waals surface area contributed by atoms with E-state index in [1.165, 1.54) is 51.2 Å². The van der Waals surface area contributed by atoms with Crippen molar-refractivity contribution in [1.29, 1.82) is 0 Å². The normalized spacial score (nSPS) is 13.3. The molecule has 0 fully saturated rings. The summed E-state index contributed by atoms with van der Waals surface area (Å²) in [4.78, 5) is 0. The molecule has 1 atom stereocenters. The van der Waals surface area contributed by atoms with Crippen molar-refractivity contribution in [3.63, 3.8) is 0 Å². The average Bonchev–Trinajstić information content (AvgIpc) is 2.29. The lowest BCUT2D eigenvalue weighted by Crippen LogP contribution is -2.43. The number of unbranched alkanes of at least 4 members (excludes halogenated alkanes) is 2. The number of hydrogen-bond acceptors (Lipinski definition) is 2. The van der Waals surface area contributed by atoms with Gasteiger partial charge in [-0.2, -0.15) is 0 Å². The number of nitrogens with zero attached hydrogens (tertiary/aromatic N) is 1. The van der Waals surface area contributed by atoms with E-state index in [0.29, 0.717) is 0 Å². The van der Waals surface area contributed by atoms with Gasteiger partial charge in [-0.15, -0.1) is 0 Å². The lowest BCUT2D eigenvalue weighted by molar-refractivity contribution is 0.266. The SMILES string of the molecule is CCCCN(CCCC)[SiH](CCC)OCC. The van der Waals surface area contributed by atoms with E-state index in [0.717, 1.165) is 6.61 Å². The number of rotatable bonds is 11. The van der Waals surface area contributed by atoms with E-state index in [1.807, 2.05) is 0 Å². The van der Waals surface area contributed by atoms with Crippen molar-refractivity contribution in [1.82, 2.24) is 4.57 Å². The maximum absolute atomic E-state index is 6.00. The Balaban J connectivity index is 4.15. The second-order valence-electron chi connectivity index (χ2n) is 4.44. The summed E-state index contributed by atoms with van der Waals surface area (Å²) in [5.41, 5.74) is 0. The molecule has 0 aromatic rings. The van der Waals surface area contributed by atoms with Gasteiger partial charge < -0.3 is 8.99 Å². The molecule has 0 saturated heterocycles. The molecule has 1 unspecified atom stereocenters. The van der Waals surface area contributed by atoms with Crippen molar-refractivity contribution in [2.24, 2.45) is 0 Å². The fourth-order valence-corrected chi connectivity index (χ4v) is 4.50. The van der Waals surface area contributed by atoms with E-state index in [-0.39, 0.29) is 0 Å². The first-order valence-corrected chi connectivity index (χ1v) is 8.96. The van der Waals surface area contributed by atoms with Crippen LogP contribution in [0.15, 0.2) is 0 Å². The van der Waals surface area contributed by atoms with Gasteiger partial charge in [0.2, 0.25) is 0 Å². The summed E-state index contributed by atoms with van der Waals surface area (Å²) in [5.74, 6) is 0. The van der Waals surface area contributed by atoms with Crippen LogP contribution in [0.5, 0.6) is 0 Å². The van der Waals surface area contributed by atoms with Gasteiger partial charge in [-0.3, -0.25) is 0 Å². The topological polar surface area (TPSA) is 12.5 Å². The molecule has 0 amide bonds. The van der Waals surface area contributed by atoms with E-state index < -0.39 is 9.20 Å². The maximum atomic E-state index is 6.00. The van der Waals surface area contributed by atoms with Crippen molar-refractivity contribution >= 4 is 9.20 Å². The van der Waals surface area contributed by atoms with Crippen LogP contribution in [0.2, 0.25) is 6.04 Å². The summed E-state index contributed by atoms with van der Waals surface area (Å²) in [7, 11) is -1.08. The average molecular weight is 245 g/mol. The largest absolute Gasteiger partial charge is 0.406 e. The van der Waals surface area contributed by atoms with Crippen LogP contribution in [0.4, 0.5) is 0 Å². The van der Waals surface area contributed by atoms with E-state index in [4.69, 9.17) is 4.43 Å². The lowest BCUT2D eigenvalue weighted by Gasteiger charge is -2.29. The van der Waals surface area contributed by atoms with Crippen LogP contribution in [0, 0.1) is 0 Å². The molecule has 3 heteroatoms. The van der Waals surface area contributed by atoms with Crippen LogP contribution < -0.4 is 0 Å². The van der Waals surface area contributed by atoms with Crippen LogP contribution in [0.25, 0.3) is 0 Å². The minimum atomic E-state index is -1.08. The third-order valence-corrected chi connectivity index (χ3v) is 6.02. The predicted octanol–water partition coefficient (Wildman–Crippen LogP) is 3.56. The third-order valence-electron chi connectivity index (χ3n) is 2.90. The van der Waals surface area contributed by atoms with Crippen molar-refractivity contribution in [2.75, 3.05) is 19.7 Å². The Morgan fingerprint density at radius 3 is 1.81 bits per heavy atom. The molecule has 0 aromatic heterocycles. The van der Waals surface area contributed by atoms with E-state index in [1.54, 1.807) is 0 Å². The van der Waals surface area contributed by atoms with Crippen molar-refractivity contribution in [3.8, 4) is 0 Å². The summed E-state index contributed by atoms with van der Waals surface area (Å²) in [6.07, 6.45) is 6.50. The zero-order valence-electron chi connectivity index (χ0n) is 11.8. The monoisotopic (exact) mass is 245 g/mol. The quantitative estimate of drug-likeness (QED) is 0.516. The smallest absolute Gasteiger partial charge is 0.254 e. The van der Waals surface area contributed by atoms with Crippen LogP contribution in [-0.2, 0) is 4.43 Å². The highest BCUT2D eigenvalue weighted by molar-refractivity contribution is 6.48. The Morgan fingerprint density at radius 1 is 0.875 bits per heavy atom. The summed E-state index contributed by atoms with van der Waals surface area (Å²) in [5, 5.41) is 0. The standard InChI is InChI=1S/C13H31NOSi/c1-5-9-11-14(12-10-6-2)16(13-7-3)15-8-4/h16H,5-13H2,1-4H3. The lowest BCUT2D eigenvalue weighted by atomic mass is 10.3. The molecule has 0 rings (SSSR count). The Labute approximate surface area is 104 Å². The molecule has 16 heavy (non-hydrogen) atoms. The zero-order chi connectivity index (χ0) is 12.2. The van der Waals surface area contributed by atoms with Crippen LogP contribution in [0.3, 0.4) is 0 Å². The molecule has 2 nitrogen and oxygen atoms in total. The molecule has 98 valence electrons. The van der Waals surface area contributed by atoms with Gasteiger partial charge in [-0.25, -0.2) is 0 Å². The van der Waals surface area contributed by atoms with Gasteiger partial charge in [0.05, 0.1) is 0 Å². The van der Waals surface area contributed by atoms with Crippen LogP contribution in [-0.4, -0.2) is 33.5 Å². The van der Waals surface area contributed by atoms with E-state index in [2.05, 4.69) is 32.3 Å². The van der Waals surface area contributed by atoms with E-state index in [9.17, 15) is 0 Å². The Bertz CT molecular complexity index is 130. The summed E-state index contributed by atoms with van der Waals surface area (Å²) < 4.78 is 8.68. The summed E-state index contributed by atoms with van der Waals surface area (Å²) >= 11 is 0. The highest BCUT2D eigenvalue weighted by atomic mass is 28.3. The molecule has 0 aliphatic carbocycles. The number of hydrogen-bond donors (Lipinski definition) is 0. The Morgan fingerprint density at radius 2 is 1.44 bits per heavy atom. The molecular weight excluding hydrogens is 214 g/mol. The second kappa shape index (κ2) is 11.6. The molecule has 0 N–H and O–H groups in total. The molecule has 0 radical (unpaired) electrons. The first-order chi connectivity index (χ1) is 7.79. The van der Waals surface area contributed by atoms with Gasteiger partial charge in [-0.05, 0) is 38.9 Å². The van der Waals surface area contributed by atoms with Gasteiger partial charge in [0.15, 0.2) is 0 Å². The van der Waals surface area contributed by atoms with Crippen LogP contribution >= 0.6 is 0 Å². The summed E-state index contributed by atoms with van der Waals surface area (Å²) in [6, 6.07) is 1.31. The van der Waals surface area contributed by atoms with Crippen molar-refractivity contribution in [3.05, 3.63) is 0 Å². The van der Waals surface area contributed by atoms with Gasteiger partial charge in [0.1, 0.15) is 0 Å². The first kappa shape index (κ1) is 16.1. The fraction of sp³-hybridized carbons (Fsp3) is 1.00. The van der Waals surface area contributed by atoms with Crippen molar-refractivity contribution < 1.29 is 4.43 Å². The maximum Gasteiger partial charge on any atom is 0.254 e. The minimum absolute atomic E-state index is 0.894. The third kappa shape index (κ3) is 7.42. The van der Waals surface area contributed by atoms with E-state index >= 15 is 0 Å². The molecular formula is C13H31NOSi. The molecule has 0 heterocycles. The summed E-state index contributed by atoms with van der Waals surface area (Å²) in [6.45, 7) is 12.4. The molecule has 0 aliphatic heterocycles. The predicted molar refractivity (Wildman–Crippen MR) is 75.3 cm³/mol. The fourth-order valence-electron chi connectivity index (χ4n) is 1.93. The van der Waals surface area contributed by atoms with Gasteiger partial charge >= 0.3 is 0 Å². The van der Waals surface area contributed by atoms with Gasteiger partial charge in [0.25, 0.3) is 9.20 Å². The molecule has 0 bridgehead atoms. The minimum Gasteiger partial charge on any atom is -0.406 e. The Hall–Kier alpha value is 0.137. The van der Waals surface area contributed by atoms with Crippen LogP contribution in [0.1, 0.15) is 59.8 Å². The molecule has 0 spiro atoms. The zero-order valence-corrected chi connectivity index (χ0v) is 13.0. The van der Waals surface area contributed by atoms with Crippen molar-refractivity contribution in [2.45, 2.75) is 65.8 Å². The Kier molecular flexibility index (Phi) is 11.7. The molecule has 0 aliphatic rings. The van der Waals surface area contributed by atoms with Gasteiger partial charge in [0, 0.05) is 6.61 Å². The highest BCUT2D eigenvalue weighted by Crippen LogP contribution is 2.09. The second-order valence-corrected chi connectivity index (χ2v) is 6.99. The first-order valence-electron chi connectivity index (χ1n) is 7.15. The highest BCUT2D eigenvalue weighted by Gasteiger charge is 2.19. The molecule has 0 aromatic carbocycles. The molecule has 0 saturated carbocycles.